The van der Waals surface area contributed by atoms with Crippen molar-refractivity contribution in [1.82, 2.24) is 5.32 Å². The van der Waals surface area contributed by atoms with Crippen molar-refractivity contribution in [2.45, 2.75) is 218 Å². The lowest BCUT2D eigenvalue weighted by Gasteiger charge is -2.24. The first-order valence-corrected chi connectivity index (χ1v) is 21.1. The van der Waals surface area contributed by atoms with E-state index in [0.29, 0.717) is 19.3 Å². The molecular weight excluding hydrogens is 598 g/mol. The molecule has 0 saturated heterocycles. The molecule has 0 aromatic rings. The highest BCUT2D eigenvalue weighted by molar-refractivity contribution is 7.85. The summed E-state index contributed by atoms with van der Waals surface area (Å²) in [6.45, 7) is 4.45. The molecule has 0 saturated carbocycles. The molecule has 46 heavy (non-hydrogen) atoms. The number of amides is 1. The van der Waals surface area contributed by atoms with Crippen LogP contribution in [0.15, 0.2) is 12.2 Å². The van der Waals surface area contributed by atoms with Crippen LogP contribution in [0.2, 0.25) is 0 Å². The number of unbranched alkanes of at least 4 members (excludes halogenated alkanes) is 24. The molecule has 0 radical (unpaired) electrons. The van der Waals surface area contributed by atoms with Gasteiger partial charge in [0.1, 0.15) is 6.10 Å². The number of nitrogens with one attached hydrogen (secondary N) is 1. The second kappa shape index (κ2) is 32.6. The third-order valence-electron chi connectivity index (χ3n) is 9.09. The number of aliphatic hydroxyl groups is 2. The van der Waals surface area contributed by atoms with E-state index < -0.39 is 40.0 Å². The minimum atomic E-state index is -4.41. The van der Waals surface area contributed by atoms with Gasteiger partial charge in [-0.05, 0) is 32.1 Å². The molecule has 0 fully saturated rings. The van der Waals surface area contributed by atoms with Crippen molar-refractivity contribution in [3.05, 3.63) is 12.2 Å². The van der Waals surface area contributed by atoms with Crippen LogP contribution < -0.4 is 5.32 Å². The Morgan fingerprint density at radius 1 is 0.565 bits per heavy atom. The molecule has 3 unspecified atom stereocenters. The van der Waals surface area contributed by atoms with Crippen LogP contribution in [0.1, 0.15) is 200 Å². The van der Waals surface area contributed by atoms with E-state index in [1.165, 1.54) is 128 Å². The van der Waals surface area contributed by atoms with Gasteiger partial charge in [0.15, 0.2) is 0 Å². The summed E-state index contributed by atoms with van der Waals surface area (Å²) in [4.78, 5) is 12.5. The van der Waals surface area contributed by atoms with Crippen molar-refractivity contribution >= 4 is 16.0 Å². The third kappa shape index (κ3) is 31.6. The van der Waals surface area contributed by atoms with Gasteiger partial charge in [0.2, 0.25) is 5.91 Å². The van der Waals surface area contributed by atoms with Crippen LogP contribution in [0.25, 0.3) is 0 Å². The van der Waals surface area contributed by atoms with Crippen LogP contribution >= 0.6 is 0 Å². The van der Waals surface area contributed by atoms with Crippen molar-refractivity contribution in [2.75, 3.05) is 5.75 Å². The van der Waals surface area contributed by atoms with Crippen molar-refractivity contribution in [2.24, 2.45) is 0 Å². The molecule has 0 spiro atoms. The lowest BCUT2D eigenvalue weighted by Crippen LogP contribution is -2.50. The number of rotatable bonds is 35. The molecule has 0 aromatic carbocycles. The molecule has 0 aliphatic rings. The summed E-state index contributed by atoms with van der Waals surface area (Å²) in [5, 5.41) is 23.3. The standard InChI is InChI=1S/C38H75NO6S/c1-3-5-7-9-11-13-14-15-16-17-18-19-20-21-22-23-24-25-27-28-30-32-36(40)35(34-46(43,44)45)39-38(42)37(41)33-31-29-26-12-10-8-6-4-2/h26,29,35-37,40-41H,3-25,27-28,30-34H2,1-2H3,(H,39,42)(H,43,44,45)/b29-26-. The molecule has 8 heteroatoms. The van der Waals surface area contributed by atoms with E-state index in [0.717, 1.165) is 32.1 Å². The summed E-state index contributed by atoms with van der Waals surface area (Å²) in [7, 11) is -4.41. The maximum atomic E-state index is 12.5. The first kappa shape index (κ1) is 45.0. The second-order valence-corrected chi connectivity index (χ2v) is 15.2. The summed E-state index contributed by atoms with van der Waals surface area (Å²) >= 11 is 0. The van der Waals surface area contributed by atoms with E-state index in [2.05, 4.69) is 25.2 Å². The largest absolute Gasteiger partial charge is 0.391 e. The van der Waals surface area contributed by atoms with E-state index in [1.807, 2.05) is 6.08 Å². The predicted molar refractivity (Wildman–Crippen MR) is 195 cm³/mol. The van der Waals surface area contributed by atoms with Gasteiger partial charge in [-0.25, -0.2) is 0 Å². The molecule has 0 aromatic heterocycles. The van der Waals surface area contributed by atoms with Gasteiger partial charge in [0.05, 0.1) is 17.9 Å². The highest BCUT2D eigenvalue weighted by Gasteiger charge is 2.28. The summed E-state index contributed by atoms with van der Waals surface area (Å²) in [5.41, 5.74) is 0. The van der Waals surface area contributed by atoms with Crippen LogP contribution in [0.4, 0.5) is 0 Å². The predicted octanol–water partition coefficient (Wildman–Crippen LogP) is 9.99. The van der Waals surface area contributed by atoms with Crippen molar-refractivity contribution in [3.8, 4) is 0 Å². The Morgan fingerprint density at radius 3 is 1.35 bits per heavy atom. The van der Waals surface area contributed by atoms with Crippen LogP contribution in [0.5, 0.6) is 0 Å². The van der Waals surface area contributed by atoms with Crippen LogP contribution in [-0.2, 0) is 14.9 Å². The summed E-state index contributed by atoms with van der Waals surface area (Å²) in [6.07, 6.45) is 35.5. The van der Waals surface area contributed by atoms with Crippen LogP contribution in [-0.4, -0.2) is 53.1 Å². The minimum absolute atomic E-state index is 0.214. The topological polar surface area (TPSA) is 124 Å². The molecule has 274 valence electrons. The lowest BCUT2D eigenvalue weighted by atomic mass is 10.0. The van der Waals surface area contributed by atoms with Gasteiger partial charge < -0.3 is 15.5 Å². The second-order valence-electron chi connectivity index (χ2n) is 13.7. The molecule has 0 aliphatic heterocycles. The molecule has 0 rings (SSSR count). The van der Waals surface area contributed by atoms with E-state index in [4.69, 9.17) is 0 Å². The highest BCUT2D eigenvalue weighted by Crippen LogP contribution is 2.16. The lowest BCUT2D eigenvalue weighted by molar-refractivity contribution is -0.131. The first-order valence-electron chi connectivity index (χ1n) is 19.5. The fraction of sp³-hybridized carbons (Fsp3) is 0.921. The Morgan fingerprint density at radius 2 is 0.935 bits per heavy atom. The average molecular weight is 674 g/mol. The van der Waals surface area contributed by atoms with Crippen molar-refractivity contribution in [1.29, 1.82) is 0 Å². The third-order valence-corrected chi connectivity index (χ3v) is 9.87. The first-order chi connectivity index (χ1) is 22.2. The molecule has 0 aliphatic carbocycles. The van der Waals surface area contributed by atoms with Gasteiger partial charge in [-0.1, -0.05) is 180 Å². The number of hydrogen-bond donors (Lipinski definition) is 4. The minimum Gasteiger partial charge on any atom is -0.391 e. The smallest absolute Gasteiger partial charge is 0.266 e. The molecule has 0 heterocycles. The van der Waals surface area contributed by atoms with E-state index in [1.54, 1.807) is 0 Å². The van der Waals surface area contributed by atoms with Crippen molar-refractivity contribution in [3.63, 3.8) is 0 Å². The quantitative estimate of drug-likeness (QED) is 0.0302. The summed E-state index contributed by atoms with van der Waals surface area (Å²) in [6, 6.07) is -1.16. The highest BCUT2D eigenvalue weighted by atomic mass is 32.2. The summed E-state index contributed by atoms with van der Waals surface area (Å²) < 4.78 is 32.4. The van der Waals surface area contributed by atoms with Crippen LogP contribution in [0, 0.1) is 0 Å². The number of hydrogen-bond acceptors (Lipinski definition) is 5. The molecule has 1 amide bonds. The number of aliphatic hydroxyl groups excluding tert-OH is 2. The Labute approximate surface area is 284 Å². The van der Waals surface area contributed by atoms with E-state index >= 15 is 0 Å². The average Bonchev–Trinajstić information content (AvgIpc) is 3.01. The Hall–Kier alpha value is -0.960. The number of carbonyl (C=O) groups excluding carboxylic acids is 1. The van der Waals surface area contributed by atoms with E-state index in [9.17, 15) is 28.0 Å². The fourth-order valence-corrected chi connectivity index (χ4v) is 6.81. The monoisotopic (exact) mass is 674 g/mol. The SMILES string of the molecule is CCCCCC/C=C\CCC(O)C(=O)NC(CS(=O)(=O)O)C(O)CCCCCCCCCCCCCCCCCCCCCCC. The fourth-order valence-electron chi connectivity index (χ4n) is 6.05. The van der Waals surface area contributed by atoms with Gasteiger partial charge in [-0.2, -0.15) is 8.42 Å². The zero-order valence-corrected chi connectivity index (χ0v) is 30.9. The molecule has 7 nitrogen and oxygen atoms in total. The Balaban J connectivity index is 3.90. The van der Waals surface area contributed by atoms with Gasteiger partial charge >= 0.3 is 0 Å². The normalized spacial score (nSPS) is 14.1. The number of allylic oxidation sites excluding steroid dienone is 2. The Bertz CT molecular complexity index is 803. The molecule has 0 bridgehead atoms. The van der Waals surface area contributed by atoms with Crippen LogP contribution in [0.3, 0.4) is 0 Å². The van der Waals surface area contributed by atoms with Gasteiger partial charge in [-0.3, -0.25) is 9.35 Å². The van der Waals surface area contributed by atoms with Crippen molar-refractivity contribution < 1.29 is 28.0 Å². The maximum Gasteiger partial charge on any atom is 0.266 e. The molecule has 4 N–H and O–H groups in total. The van der Waals surface area contributed by atoms with Gasteiger partial charge in [-0.15, -0.1) is 0 Å². The summed E-state index contributed by atoms with van der Waals surface area (Å²) in [5.74, 6) is -1.49. The number of carbonyl (C=O) groups is 1. The Kier molecular flexibility index (Phi) is 31.9. The van der Waals surface area contributed by atoms with E-state index in [-0.39, 0.29) is 6.42 Å². The van der Waals surface area contributed by atoms with Gasteiger partial charge in [0, 0.05) is 0 Å². The molecular formula is C38H75NO6S. The zero-order chi connectivity index (χ0) is 34.1. The zero-order valence-electron chi connectivity index (χ0n) is 30.1. The van der Waals surface area contributed by atoms with Gasteiger partial charge in [0.25, 0.3) is 10.1 Å². The molecule has 3 atom stereocenters. The maximum absolute atomic E-state index is 12.5.